The third-order valence-corrected chi connectivity index (χ3v) is 7.12. The van der Waals surface area contributed by atoms with Crippen LogP contribution in [0.25, 0.3) is 0 Å². The topological polar surface area (TPSA) is 66.9 Å². The van der Waals surface area contributed by atoms with Gasteiger partial charge in [-0.2, -0.15) is 4.31 Å². The van der Waals surface area contributed by atoms with Gasteiger partial charge in [0.25, 0.3) is 0 Å². The molecule has 0 aliphatic carbocycles. The Bertz CT molecular complexity index is 657. The van der Waals surface area contributed by atoms with Gasteiger partial charge in [-0.3, -0.25) is 4.79 Å². The van der Waals surface area contributed by atoms with Gasteiger partial charge in [0.15, 0.2) is 0 Å². The largest absolute Gasteiger partial charge is 0.378 e. The SMILES string of the molecule is CCCS(=O)(=O)N1CCOC[C@H]1CC(=O)N(C)Cc1ccc(C)s1. The van der Waals surface area contributed by atoms with E-state index in [4.69, 9.17) is 4.74 Å². The van der Waals surface area contributed by atoms with Crippen LogP contribution in [0.5, 0.6) is 0 Å². The zero-order chi connectivity index (χ0) is 17.7. The first-order chi connectivity index (χ1) is 11.3. The van der Waals surface area contributed by atoms with Crippen LogP contribution in [0.15, 0.2) is 12.1 Å². The Morgan fingerprint density at radius 1 is 1.46 bits per heavy atom. The van der Waals surface area contributed by atoms with Crippen LogP contribution in [-0.4, -0.2) is 62.1 Å². The van der Waals surface area contributed by atoms with Crippen molar-refractivity contribution in [3.8, 4) is 0 Å². The lowest BCUT2D eigenvalue weighted by molar-refractivity contribution is -0.132. The standard InChI is InChI=1S/C16H26N2O4S2/c1-4-9-24(20,21)18-7-8-22-12-14(18)10-16(19)17(3)11-15-6-5-13(2)23-15/h5-6,14H,4,7-12H2,1-3H3/t14-/m1/s1. The molecule has 0 N–H and O–H groups in total. The summed E-state index contributed by atoms with van der Waals surface area (Å²) >= 11 is 1.67. The van der Waals surface area contributed by atoms with Crippen molar-refractivity contribution in [3.05, 3.63) is 21.9 Å². The highest BCUT2D eigenvalue weighted by Gasteiger charge is 2.34. The molecule has 0 bridgehead atoms. The van der Waals surface area contributed by atoms with Crippen LogP contribution in [0.1, 0.15) is 29.5 Å². The molecule has 1 saturated heterocycles. The number of hydrogen-bond donors (Lipinski definition) is 0. The molecule has 1 aliphatic heterocycles. The first-order valence-corrected chi connectivity index (χ1v) is 10.6. The van der Waals surface area contributed by atoms with E-state index in [1.807, 2.05) is 26.0 Å². The Morgan fingerprint density at radius 3 is 2.83 bits per heavy atom. The van der Waals surface area contributed by atoms with E-state index in [0.717, 1.165) is 4.88 Å². The summed E-state index contributed by atoms with van der Waals surface area (Å²) in [6.07, 6.45) is 0.724. The molecule has 0 aromatic carbocycles. The molecular formula is C16H26N2O4S2. The second kappa shape index (κ2) is 8.42. The summed E-state index contributed by atoms with van der Waals surface area (Å²) in [5, 5.41) is 0. The van der Waals surface area contributed by atoms with E-state index in [2.05, 4.69) is 0 Å². The summed E-state index contributed by atoms with van der Waals surface area (Å²) in [7, 11) is -1.57. The van der Waals surface area contributed by atoms with E-state index in [1.54, 1.807) is 23.3 Å². The molecule has 0 unspecified atom stereocenters. The first-order valence-electron chi connectivity index (χ1n) is 8.20. The number of nitrogens with zero attached hydrogens (tertiary/aromatic N) is 2. The van der Waals surface area contributed by atoms with Crippen molar-refractivity contribution in [1.29, 1.82) is 0 Å². The number of hydrogen-bond acceptors (Lipinski definition) is 5. The second-order valence-corrected chi connectivity index (χ2v) is 9.54. The number of thiophene rings is 1. The van der Waals surface area contributed by atoms with Crippen LogP contribution in [-0.2, 0) is 26.1 Å². The van der Waals surface area contributed by atoms with Gasteiger partial charge >= 0.3 is 0 Å². The molecule has 2 rings (SSSR count). The van der Waals surface area contributed by atoms with Crippen molar-refractivity contribution in [2.75, 3.05) is 32.6 Å². The van der Waals surface area contributed by atoms with Gasteiger partial charge in [0, 0.05) is 29.8 Å². The van der Waals surface area contributed by atoms with Crippen LogP contribution in [0.3, 0.4) is 0 Å². The summed E-state index contributed by atoms with van der Waals surface area (Å²) in [6.45, 7) is 5.42. The van der Waals surface area contributed by atoms with Crippen molar-refractivity contribution in [2.45, 2.75) is 39.3 Å². The van der Waals surface area contributed by atoms with E-state index < -0.39 is 16.1 Å². The molecule has 0 saturated carbocycles. The average Bonchev–Trinajstić information content (AvgIpc) is 2.92. The van der Waals surface area contributed by atoms with Gasteiger partial charge in [0.2, 0.25) is 15.9 Å². The van der Waals surface area contributed by atoms with E-state index in [0.29, 0.717) is 26.1 Å². The van der Waals surface area contributed by atoms with Crippen LogP contribution in [0.4, 0.5) is 0 Å². The summed E-state index contributed by atoms with van der Waals surface area (Å²) < 4.78 is 31.6. The van der Waals surface area contributed by atoms with Crippen LogP contribution in [0, 0.1) is 6.92 Å². The van der Waals surface area contributed by atoms with E-state index >= 15 is 0 Å². The van der Waals surface area contributed by atoms with Crippen molar-refractivity contribution in [3.63, 3.8) is 0 Å². The number of carbonyl (C=O) groups is 1. The highest BCUT2D eigenvalue weighted by Crippen LogP contribution is 2.20. The predicted octanol–water partition coefficient (Wildman–Crippen LogP) is 1.85. The Balaban J connectivity index is 1.99. The smallest absolute Gasteiger partial charge is 0.224 e. The van der Waals surface area contributed by atoms with Crippen LogP contribution in [0.2, 0.25) is 0 Å². The molecule has 0 radical (unpaired) electrons. The van der Waals surface area contributed by atoms with Crippen molar-refractivity contribution < 1.29 is 17.9 Å². The Hall–Kier alpha value is -0.960. The number of aryl methyl sites for hydroxylation is 1. The zero-order valence-corrected chi connectivity index (χ0v) is 16.2. The Kier molecular flexibility index (Phi) is 6.79. The lowest BCUT2D eigenvalue weighted by Crippen LogP contribution is -2.51. The fourth-order valence-corrected chi connectivity index (χ4v) is 5.43. The maximum absolute atomic E-state index is 12.5. The monoisotopic (exact) mass is 374 g/mol. The minimum Gasteiger partial charge on any atom is -0.378 e. The molecule has 1 atom stereocenters. The Labute approximate surface area is 148 Å². The molecular weight excluding hydrogens is 348 g/mol. The van der Waals surface area contributed by atoms with Gasteiger partial charge in [0.05, 0.1) is 31.6 Å². The second-order valence-electron chi connectivity index (χ2n) is 6.12. The summed E-state index contributed by atoms with van der Waals surface area (Å²) in [6, 6.07) is 3.65. The summed E-state index contributed by atoms with van der Waals surface area (Å²) in [4.78, 5) is 16.5. The third kappa shape index (κ3) is 5.02. The molecule has 1 fully saturated rings. The summed E-state index contributed by atoms with van der Waals surface area (Å²) in [5.41, 5.74) is 0. The van der Waals surface area contributed by atoms with Crippen molar-refractivity contribution in [1.82, 2.24) is 9.21 Å². The number of ether oxygens (including phenoxy) is 1. The molecule has 6 nitrogen and oxygen atoms in total. The molecule has 24 heavy (non-hydrogen) atoms. The predicted molar refractivity (Wildman–Crippen MR) is 95.5 cm³/mol. The lowest BCUT2D eigenvalue weighted by Gasteiger charge is -2.35. The fourth-order valence-electron chi connectivity index (χ4n) is 2.79. The van der Waals surface area contributed by atoms with E-state index in [-0.39, 0.29) is 24.7 Å². The zero-order valence-electron chi connectivity index (χ0n) is 14.5. The van der Waals surface area contributed by atoms with E-state index in [1.165, 1.54) is 9.18 Å². The van der Waals surface area contributed by atoms with Gasteiger partial charge in [-0.25, -0.2) is 8.42 Å². The third-order valence-electron chi connectivity index (χ3n) is 4.02. The molecule has 136 valence electrons. The lowest BCUT2D eigenvalue weighted by atomic mass is 10.2. The highest BCUT2D eigenvalue weighted by molar-refractivity contribution is 7.89. The molecule has 2 heterocycles. The molecule has 1 aromatic heterocycles. The van der Waals surface area contributed by atoms with Gasteiger partial charge in [0.1, 0.15) is 0 Å². The molecule has 8 heteroatoms. The molecule has 1 aromatic rings. The first kappa shape index (κ1) is 19.4. The number of sulfonamides is 1. The number of morpholine rings is 1. The van der Waals surface area contributed by atoms with Crippen LogP contribution >= 0.6 is 11.3 Å². The fraction of sp³-hybridized carbons (Fsp3) is 0.688. The minimum atomic E-state index is -3.32. The molecule has 1 aliphatic rings. The number of amides is 1. The van der Waals surface area contributed by atoms with E-state index in [9.17, 15) is 13.2 Å². The molecule has 1 amide bonds. The van der Waals surface area contributed by atoms with Crippen LogP contribution < -0.4 is 0 Å². The minimum absolute atomic E-state index is 0.0618. The van der Waals surface area contributed by atoms with Crippen molar-refractivity contribution >= 4 is 27.3 Å². The Morgan fingerprint density at radius 2 is 2.21 bits per heavy atom. The molecule has 0 spiro atoms. The maximum atomic E-state index is 12.5. The van der Waals surface area contributed by atoms with Gasteiger partial charge in [-0.05, 0) is 25.5 Å². The van der Waals surface area contributed by atoms with Gasteiger partial charge < -0.3 is 9.64 Å². The normalized spacial score (nSPS) is 19.4. The summed E-state index contributed by atoms with van der Waals surface area (Å²) in [5.74, 6) is 0.0513. The highest BCUT2D eigenvalue weighted by atomic mass is 32.2. The maximum Gasteiger partial charge on any atom is 0.224 e. The number of rotatable bonds is 7. The quantitative estimate of drug-likeness (QED) is 0.730. The van der Waals surface area contributed by atoms with Gasteiger partial charge in [-0.1, -0.05) is 6.92 Å². The van der Waals surface area contributed by atoms with Crippen molar-refractivity contribution in [2.24, 2.45) is 0 Å². The van der Waals surface area contributed by atoms with Gasteiger partial charge in [-0.15, -0.1) is 11.3 Å². The average molecular weight is 375 g/mol. The number of carbonyl (C=O) groups excluding carboxylic acids is 1.